The van der Waals surface area contributed by atoms with Crippen molar-refractivity contribution >= 4 is 5.69 Å². The van der Waals surface area contributed by atoms with E-state index < -0.39 is 12.5 Å². The van der Waals surface area contributed by atoms with E-state index in [0.29, 0.717) is 6.54 Å². The fourth-order valence-electron chi connectivity index (χ4n) is 1.54. The van der Waals surface area contributed by atoms with Gasteiger partial charge in [-0.05, 0) is 26.2 Å². The Morgan fingerprint density at radius 3 is 2.53 bits per heavy atom. The van der Waals surface area contributed by atoms with Crippen molar-refractivity contribution in [2.45, 2.75) is 12.5 Å². The molecule has 1 unspecified atom stereocenters. The van der Waals surface area contributed by atoms with Gasteiger partial charge in [-0.15, -0.1) is 13.2 Å². The van der Waals surface area contributed by atoms with E-state index in [9.17, 15) is 18.3 Å². The van der Waals surface area contributed by atoms with Gasteiger partial charge in [0.1, 0.15) is 0 Å². The lowest BCUT2D eigenvalue weighted by Crippen LogP contribution is -2.31. The molecule has 0 amide bonds. The minimum absolute atomic E-state index is 0.135. The van der Waals surface area contributed by atoms with Gasteiger partial charge in [-0.2, -0.15) is 0 Å². The molecule has 0 aromatic heterocycles. The number of rotatable bonds is 6. The Balaban J connectivity index is 2.63. The van der Waals surface area contributed by atoms with Crippen LogP contribution in [-0.2, 0) is 0 Å². The number of hydrogen-bond donors (Lipinski definition) is 2. The number of halogens is 3. The van der Waals surface area contributed by atoms with Crippen molar-refractivity contribution in [1.82, 2.24) is 4.90 Å². The maximum atomic E-state index is 12.2. The summed E-state index contributed by atoms with van der Waals surface area (Å²) in [6.07, 6.45) is -5.42. The smallest absolute Gasteiger partial charge is 0.404 e. The third kappa shape index (κ3) is 6.30. The van der Waals surface area contributed by atoms with Gasteiger partial charge in [0.2, 0.25) is 0 Å². The first-order valence-corrected chi connectivity index (χ1v) is 5.69. The van der Waals surface area contributed by atoms with E-state index in [4.69, 9.17) is 0 Å². The summed E-state index contributed by atoms with van der Waals surface area (Å²) in [5.41, 5.74) is 0.192. The summed E-state index contributed by atoms with van der Waals surface area (Å²) in [6, 6.07) is 5.71. The molecule has 0 aliphatic rings. The molecule has 1 aromatic rings. The van der Waals surface area contributed by atoms with Gasteiger partial charge in [0, 0.05) is 13.1 Å². The maximum absolute atomic E-state index is 12.2. The van der Waals surface area contributed by atoms with Crippen LogP contribution in [0, 0.1) is 0 Å². The Kier molecular flexibility index (Phi) is 5.44. The lowest BCUT2D eigenvalue weighted by Gasteiger charge is -2.18. The Bertz CT molecular complexity index is 397. The lowest BCUT2D eigenvalue weighted by molar-refractivity contribution is -0.274. The Labute approximate surface area is 109 Å². The molecule has 0 saturated heterocycles. The molecule has 0 heterocycles. The van der Waals surface area contributed by atoms with Crippen LogP contribution in [0.2, 0.25) is 0 Å². The van der Waals surface area contributed by atoms with Crippen LogP contribution >= 0.6 is 0 Å². The molecule has 1 aromatic carbocycles. The molecule has 4 nitrogen and oxygen atoms in total. The second-order valence-corrected chi connectivity index (χ2v) is 4.34. The van der Waals surface area contributed by atoms with E-state index in [-0.39, 0.29) is 18.0 Å². The number of aliphatic hydroxyl groups excluding tert-OH is 1. The molecule has 1 rings (SSSR count). The van der Waals surface area contributed by atoms with Crippen molar-refractivity contribution < 1.29 is 23.0 Å². The zero-order valence-electron chi connectivity index (χ0n) is 10.7. The van der Waals surface area contributed by atoms with Gasteiger partial charge in [-0.1, -0.05) is 12.1 Å². The molecule has 2 N–H and O–H groups in total. The van der Waals surface area contributed by atoms with Gasteiger partial charge in [0.25, 0.3) is 0 Å². The molecule has 7 heteroatoms. The number of nitrogens with zero attached hydrogens (tertiary/aromatic N) is 1. The lowest BCUT2D eigenvalue weighted by atomic mass is 10.2. The highest BCUT2D eigenvalue weighted by atomic mass is 19.4. The maximum Gasteiger partial charge on any atom is 0.573 e. The molecule has 0 radical (unpaired) electrons. The van der Waals surface area contributed by atoms with Crippen LogP contribution < -0.4 is 10.1 Å². The molecule has 0 fully saturated rings. The number of likely N-dealkylation sites (N-methyl/N-ethyl adjacent to an activating group) is 1. The van der Waals surface area contributed by atoms with E-state index in [1.54, 1.807) is 25.1 Å². The number of ether oxygens (including phenoxy) is 1. The second kappa shape index (κ2) is 6.63. The molecule has 1 atom stereocenters. The van der Waals surface area contributed by atoms with Gasteiger partial charge in [-0.3, -0.25) is 0 Å². The van der Waals surface area contributed by atoms with Crippen molar-refractivity contribution in [1.29, 1.82) is 0 Å². The average molecular weight is 278 g/mol. The van der Waals surface area contributed by atoms with Gasteiger partial charge in [-0.25, -0.2) is 0 Å². The summed E-state index contributed by atoms with van der Waals surface area (Å²) in [6.45, 7) is 0.547. The minimum atomic E-state index is -4.74. The van der Waals surface area contributed by atoms with Crippen LogP contribution in [0.25, 0.3) is 0 Å². The zero-order chi connectivity index (χ0) is 14.5. The molecule has 0 aliphatic carbocycles. The molecule has 0 aliphatic heterocycles. The highest BCUT2D eigenvalue weighted by Crippen LogP contribution is 2.29. The average Bonchev–Trinajstić information content (AvgIpc) is 2.25. The van der Waals surface area contributed by atoms with Gasteiger partial charge in [0.05, 0.1) is 11.8 Å². The third-order valence-electron chi connectivity index (χ3n) is 2.22. The number of hydrogen-bond acceptors (Lipinski definition) is 4. The first kappa shape index (κ1) is 15.6. The summed E-state index contributed by atoms with van der Waals surface area (Å²) in [5.74, 6) is -0.313. The molecule has 108 valence electrons. The molecular weight excluding hydrogens is 261 g/mol. The second-order valence-electron chi connectivity index (χ2n) is 4.34. The van der Waals surface area contributed by atoms with Crippen LogP contribution in [-0.4, -0.2) is 49.7 Å². The van der Waals surface area contributed by atoms with Crippen molar-refractivity contribution in [3.63, 3.8) is 0 Å². The van der Waals surface area contributed by atoms with E-state index >= 15 is 0 Å². The summed E-state index contributed by atoms with van der Waals surface area (Å²) < 4.78 is 40.5. The fourth-order valence-corrected chi connectivity index (χ4v) is 1.54. The molecule has 0 bridgehead atoms. The quantitative estimate of drug-likeness (QED) is 0.834. The van der Waals surface area contributed by atoms with Gasteiger partial charge in [0.15, 0.2) is 5.75 Å². The van der Waals surface area contributed by atoms with Crippen molar-refractivity contribution in [2.24, 2.45) is 0 Å². The first-order valence-electron chi connectivity index (χ1n) is 5.69. The number of alkyl halides is 3. The summed E-state index contributed by atoms with van der Waals surface area (Å²) in [5, 5.41) is 12.4. The van der Waals surface area contributed by atoms with Crippen LogP contribution in [0.5, 0.6) is 5.75 Å². The van der Waals surface area contributed by atoms with Crippen molar-refractivity contribution in [3.05, 3.63) is 24.3 Å². The zero-order valence-corrected chi connectivity index (χ0v) is 10.7. The predicted octanol–water partition coefficient (Wildman–Crippen LogP) is 1.92. The monoisotopic (exact) mass is 278 g/mol. The van der Waals surface area contributed by atoms with E-state index in [2.05, 4.69) is 10.1 Å². The SMILES string of the molecule is CN(C)CC(O)CNc1ccccc1OC(F)(F)F. The number of anilines is 1. The molecular formula is C12H17F3N2O2. The first-order chi connectivity index (χ1) is 8.78. The predicted molar refractivity (Wildman–Crippen MR) is 66.2 cm³/mol. The molecule has 0 spiro atoms. The number of para-hydroxylation sites is 2. The largest absolute Gasteiger partial charge is 0.573 e. The van der Waals surface area contributed by atoms with Crippen LogP contribution in [0.4, 0.5) is 18.9 Å². The summed E-state index contributed by atoms with van der Waals surface area (Å²) in [4.78, 5) is 1.78. The Hall–Kier alpha value is -1.47. The van der Waals surface area contributed by atoms with Gasteiger partial charge < -0.3 is 20.1 Å². The van der Waals surface area contributed by atoms with Crippen molar-refractivity contribution in [3.8, 4) is 5.75 Å². The highest BCUT2D eigenvalue weighted by Gasteiger charge is 2.32. The normalized spacial score (nSPS) is 13.4. The Morgan fingerprint density at radius 1 is 1.32 bits per heavy atom. The van der Waals surface area contributed by atoms with Crippen molar-refractivity contribution in [2.75, 3.05) is 32.5 Å². The summed E-state index contributed by atoms with van der Waals surface area (Å²) >= 11 is 0. The fraction of sp³-hybridized carbons (Fsp3) is 0.500. The van der Waals surface area contributed by atoms with E-state index in [1.165, 1.54) is 18.2 Å². The topological polar surface area (TPSA) is 44.7 Å². The van der Waals surface area contributed by atoms with E-state index in [0.717, 1.165) is 0 Å². The van der Waals surface area contributed by atoms with Crippen LogP contribution in [0.3, 0.4) is 0 Å². The molecule has 19 heavy (non-hydrogen) atoms. The van der Waals surface area contributed by atoms with E-state index in [1.807, 2.05) is 0 Å². The Morgan fingerprint density at radius 2 is 1.95 bits per heavy atom. The standard InChI is InChI=1S/C12H17F3N2O2/c1-17(2)8-9(18)7-16-10-5-3-4-6-11(10)19-12(13,14)15/h3-6,9,16,18H,7-8H2,1-2H3. The number of aliphatic hydroxyl groups is 1. The number of nitrogens with one attached hydrogen (secondary N) is 1. The van der Waals surface area contributed by atoms with Crippen LogP contribution in [0.15, 0.2) is 24.3 Å². The minimum Gasteiger partial charge on any atom is -0.404 e. The molecule has 0 saturated carbocycles. The third-order valence-corrected chi connectivity index (χ3v) is 2.22. The van der Waals surface area contributed by atoms with Gasteiger partial charge >= 0.3 is 6.36 Å². The highest BCUT2D eigenvalue weighted by molar-refractivity contribution is 5.56. The van der Waals surface area contributed by atoms with Crippen LogP contribution in [0.1, 0.15) is 0 Å². The summed E-state index contributed by atoms with van der Waals surface area (Å²) in [7, 11) is 3.59. The number of benzene rings is 1.